The molecule has 1 aromatic heterocycles. The second kappa shape index (κ2) is 6.76. The van der Waals surface area contributed by atoms with E-state index in [9.17, 15) is 4.79 Å². The number of nitrogens with one attached hydrogen (secondary N) is 1. The van der Waals surface area contributed by atoms with E-state index < -0.39 is 0 Å². The minimum Gasteiger partial charge on any atom is -0.328 e. The van der Waals surface area contributed by atoms with Crippen molar-refractivity contribution in [3.63, 3.8) is 0 Å². The van der Waals surface area contributed by atoms with Gasteiger partial charge in [0.15, 0.2) is 11.6 Å². The molecule has 2 aliphatic rings. The van der Waals surface area contributed by atoms with E-state index in [0.717, 1.165) is 35.2 Å². The van der Waals surface area contributed by atoms with Crippen LogP contribution in [-0.4, -0.2) is 20.5 Å². The number of carbonyl (C=O) groups excluding carboxylic acids is 1. The summed E-state index contributed by atoms with van der Waals surface area (Å²) >= 11 is 12.4. The fourth-order valence-electron chi connectivity index (χ4n) is 3.87. The first-order valence-electron chi connectivity index (χ1n) is 9.12. The maximum atomic E-state index is 12.8. The highest BCUT2D eigenvalue weighted by Crippen LogP contribution is 2.41. The zero-order valence-electron chi connectivity index (χ0n) is 14.8. The van der Waals surface area contributed by atoms with Gasteiger partial charge in [-0.2, -0.15) is 4.98 Å². The van der Waals surface area contributed by atoms with E-state index in [-0.39, 0.29) is 11.8 Å². The number of Topliss-reactive ketones (excluding diaryl/α,β-unsaturated/α-hetero) is 1. The van der Waals surface area contributed by atoms with Crippen LogP contribution in [0, 0.1) is 0 Å². The normalized spacial score (nSPS) is 18.5. The highest BCUT2D eigenvalue weighted by atomic mass is 35.5. The van der Waals surface area contributed by atoms with Gasteiger partial charge in [0.25, 0.3) is 0 Å². The smallest absolute Gasteiger partial charge is 0.226 e. The molecule has 1 aliphatic heterocycles. The van der Waals surface area contributed by atoms with E-state index in [1.165, 1.54) is 0 Å². The second-order valence-corrected chi connectivity index (χ2v) is 7.78. The Morgan fingerprint density at radius 3 is 2.61 bits per heavy atom. The number of nitrogens with zero attached hydrogens (tertiary/aromatic N) is 3. The third-order valence-corrected chi connectivity index (χ3v) is 5.75. The summed E-state index contributed by atoms with van der Waals surface area (Å²) in [6, 6.07) is 14.7. The first-order chi connectivity index (χ1) is 13.6. The zero-order chi connectivity index (χ0) is 19.3. The van der Waals surface area contributed by atoms with Crippen molar-refractivity contribution in [2.75, 3.05) is 5.32 Å². The molecule has 1 N–H and O–H groups in total. The summed E-state index contributed by atoms with van der Waals surface area (Å²) in [4.78, 5) is 17.5. The van der Waals surface area contributed by atoms with Gasteiger partial charge >= 0.3 is 0 Å². The molecule has 140 valence electrons. The number of hydrogen-bond donors (Lipinski definition) is 1. The Balaban J connectivity index is 1.69. The molecule has 0 saturated heterocycles. The van der Waals surface area contributed by atoms with E-state index in [0.29, 0.717) is 28.2 Å². The maximum absolute atomic E-state index is 12.8. The highest BCUT2D eigenvalue weighted by molar-refractivity contribution is 6.33. The van der Waals surface area contributed by atoms with Crippen LogP contribution >= 0.6 is 23.2 Å². The summed E-state index contributed by atoms with van der Waals surface area (Å²) in [7, 11) is 0. The Kier molecular flexibility index (Phi) is 4.22. The third-order valence-electron chi connectivity index (χ3n) is 5.17. The number of ketones is 1. The molecule has 2 aromatic carbocycles. The Hall–Kier alpha value is -2.63. The summed E-state index contributed by atoms with van der Waals surface area (Å²) in [5.74, 6) is 1.29. The molecular weight excluding hydrogens is 395 g/mol. The van der Waals surface area contributed by atoms with Crippen LogP contribution in [0.4, 0.5) is 5.95 Å². The van der Waals surface area contributed by atoms with Crippen LogP contribution in [0.2, 0.25) is 10.0 Å². The molecule has 0 saturated carbocycles. The number of halogens is 2. The quantitative estimate of drug-likeness (QED) is 0.624. The number of carbonyl (C=O) groups is 1. The van der Waals surface area contributed by atoms with Gasteiger partial charge in [0.1, 0.15) is 6.04 Å². The molecule has 1 atom stereocenters. The molecule has 5 nitrogen and oxygen atoms in total. The molecule has 0 bridgehead atoms. The predicted octanol–water partition coefficient (Wildman–Crippen LogP) is 5.27. The summed E-state index contributed by atoms with van der Waals surface area (Å²) < 4.78 is 1.78. The Labute approximate surface area is 172 Å². The van der Waals surface area contributed by atoms with Crippen molar-refractivity contribution < 1.29 is 4.79 Å². The maximum Gasteiger partial charge on any atom is 0.226 e. The van der Waals surface area contributed by atoms with Gasteiger partial charge in [-0.25, -0.2) is 4.68 Å². The van der Waals surface area contributed by atoms with Gasteiger partial charge in [0, 0.05) is 28.3 Å². The summed E-state index contributed by atoms with van der Waals surface area (Å²) in [6.07, 6.45) is 2.20. The van der Waals surface area contributed by atoms with Crippen molar-refractivity contribution in [1.29, 1.82) is 0 Å². The second-order valence-electron chi connectivity index (χ2n) is 6.93. The van der Waals surface area contributed by atoms with E-state index in [4.69, 9.17) is 28.3 Å². The molecule has 5 rings (SSSR count). The molecule has 0 spiro atoms. The molecule has 2 heterocycles. The van der Waals surface area contributed by atoms with Gasteiger partial charge in [-0.3, -0.25) is 4.79 Å². The molecule has 1 unspecified atom stereocenters. The first kappa shape index (κ1) is 17.5. The minimum atomic E-state index is -0.333. The molecule has 3 aromatic rings. The van der Waals surface area contributed by atoms with Crippen LogP contribution in [0.3, 0.4) is 0 Å². The molecular formula is C21H16Cl2N4O. The average molecular weight is 411 g/mol. The van der Waals surface area contributed by atoms with E-state index >= 15 is 0 Å². The van der Waals surface area contributed by atoms with Crippen LogP contribution in [0.15, 0.2) is 59.8 Å². The molecule has 0 fully saturated rings. The van der Waals surface area contributed by atoms with Crippen molar-refractivity contribution >= 4 is 34.9 Å². The number of anilines is 1. The van der Waals surface area contributed by atoms with Gasteiger partial charge < -0.3 is 5.32 Å². The Morgan fingerprint density at radius 1 is 1.04 bits per heavy atom. The van der Waals surface area contributed by atoms with E-state index in [1.54, 1.807) is 4.68 Å². The van der Waals surface area contributed by atoms with Crippen molar-refractivity contribution in [3.05, 3.63) is 75.4 Å². The zero-order valence-corrected chi connectivity index (χ0v) is 16.3. The lowest BCUT2D eigenvalue weighted by Gasteiger charge is -2.32. The van der Waals surface area contributed by atoms with E-state index in [2.05, 4.69) is 10.3 Å². The average Bonchev–Trinajstić information content (AvgIpc) is 3.11. The van der Waals surface area contributed by atoms with Crippen LogP contribution < -0.4 is 5.32 Å². The van der Waals surface area contributed by atoms with Crippen LogP contribution in [0.25, 0.3) is 11.4 Å². The molecule has 0 amide bonds. The van der Waals surface area contributed by atoms with Crippen LogP contribution in [0.5, 0.6) is 0 Å². The summed E-state index contributed by atoms with van der Waals surface area (Å²) in [5.41, 5.74) is 3.40. The lowest BCUT2D eigenvalue weighted by atomic mass is 9.85. The minimum absolute atomic E-state index is 0.147. The summed E-state index contributed by atoms with van der Waals surface area (Å²) in [5, 5.41) is 9.29. The van der Waals surface area contributed by atoms with E-state index in [1.807, 2.05) is 48.5 Å². The topological polar surface area (TPSA) is 59.8 Å². The molecule has 1 aliphatic carbocycles. The van der Waals surface area contributed by atoms with Gasteiger partial charge in [-0.1, -0.05) is 47.5 Å². The van der Waals surface area contributed by atoms with Gasteiger partial charge in [0.2, 0.25) is 5.95 Å². The number of hydrogen-bond acceptors (Lipinski definition) is 4. The van der Waals surface area contributed by atoms with Gasteiger partial charge in [0.05, 0.1) is 5.02 Å². The molecule has 7 heteroatoms. The number of benzene rings is 2. The SMILES string of the molecule is O=C1CCCC2=C1C(c1ccc(Cl)cc1)n1nc(-c3ccccc3Cl)nc1N2. The number of aromatic nitrogens is 3. The molecule has 28 heavy (non-hydrogen) atoms. The fraction of sp³-hybridized carbons (Fsp3) is 0.190. The van der Waals surface area contributed by atoms with Crippen molar-refractivity contribution in [1.82, 2.24) is 14.8 Å². The lowest BCUT2D eigenvalue weighted by Crippen LogP contribution is -2.31. The van der Waals surface area contributed by atoms with Crippen molar-refractivity contribution in [3.8, 4) is 11.4 Å². The molecule has 0 radical (unpaired) electrons. The first-order valence-corrected chi connectivity index (χ1v) is 9.87. The Bertz CT molecular complexity index is 1120. The highest BCUT2D eigenvalue weighted by Gasteiger charge is 2.36. The van der Waals surface area contributed by atoms with Crippen LogP contribution in [0.1, 0.15) is 30.9 Å². The Morgan fingerprint density at radius 2 is 1.82 bits per heavy atom. The van der Waals surface area contributed by atoms with Crippen LogP contribution in [-0.2, 0) is 4.79 Å². The number of rotatable bonds is 2. The van der Waals surface area contributed by atoms with Crippen molar-refractivity contribution in [2.45, 2.75) is 25.3 Å². The predicted molar refractivity (Wildman–Crippen MR) is 110 cm³/mol. The van der Waals surface area contributed by atoms with Gasteiger partial charge in [-0.05, 0) is 42.7 Å². The standard InChI is InChI=1S/C21H16Cl2N4O/c22-13-10-8-12(9-11-13)19-18-16(6-3-7-17(18)28)24-21-25-20(26-27(19)21)14-4-1-2-5-15(14)23/h1-2,4-5,8-11,19H,3,6-7H2,(H,24,25,26). The number of allylic oxidation sites excluding steroid dienone is 2. The van der Waals surface area contributed by atoms with Crippen molar-refractivity contribution in [2.24, 2.45) is 0 Å². The fourth-order valence-corrected chi connectivity index (χ4v) is 4.21. The third kappa shape index (κ3) is 2.82. The summed E-state index contributed by atoms with van der Waals surface area (Å²) in [6.45, 7) is 0. The largest absolute Gasteiger partial charge is 0.328 e. The monoisotopic (exact) mass is 410 g/mol. The van der Waals surface area contributed by atoms with Gasteiger partial charge in [-0.15, -0.1) is 5.10 Å². The lowest BCUT2D eigenvalue weighted by molar-refractivity contribution is -0.116. The number of fused-ring (bicyclic) bond motifs is 1.